The van der Waals surface area contributed by atoms with E-state index in [0.29, 0.717) is 30.9 Å². The molecule has 210 valence electrons. The summed E-state index contributed by atoms with van der Waals surface area (Å²) in [4.78, 5) is 46.6. The molecule has 0 saturated carbocycles. The van der Waals surface area contributed by atoms with Crippen LogP contribution in [0, 0.1) is 5.92 Å². The molecule has 2 aromatic carbocycles. The molecule has 2 aliphatic heterocycles. The number of piperidine rings is 1. The molecule has 0 aliphatic carbocycles. The number of Topliss-reactive ketones (excluding diaryl/α,β-unsaturated/α-hetero) is 1. The van der Waals surface area contributed by atoms with Gasteiger partial charge in [0.15, 0.2) is 5.78 Å². The minimum Gasteiger partial charge on any atom is -0.372 e. The van der Waals surface area contributed by atoms with E-state index in [9.17, 15) is 14.4 Å². The summed E-state index contributed by atoms with van der Waals surface area (Å²) in [5, 5.41) is 6.13. The molecule has 2 amide bonds. The van der Waals surface area contributed by atoms with E-state index in [1.54, 1.807) is 24.3 Å². The lowest BCUT2D eigenvalue weighted by Crippen LogP contribution is -2.36. The minimum absolute atomic E-state index is 0.0764. The van der Waals surface area contributed by atoms with Gasteiger partial charge in [-0.15, -0.1) is 0 Å². The zero-order valence-electron chi connectivity index (χ0n) is 22.6. The molecule has 8 nitrogen and oxygen atoms in total. The first-order valence-electron chi connectivity index (χ1n) is 13.2. The van der Waals surface area contributed by atoms with Crippen LogP contribution >= 0.6 is 23.2 Å². The summed E-state index contributed by atoms with van der Waals surface area (Å²) in [5.41, 5.74) is 2.70. The lowest BCUT2D eigenvalue weighted by Gasteiger charge is -2.33. The number of carbonyl (C=O) groups excluding carboxylic acids is 3. The van der Waals surface area contributed by atoms with Crippen molar-refractivity contribution in [2.45, 2.75) is 19.3 Å². The third-order valence-corrected chi connectivity index (χ3v) is 7.46. The molecule has 2 heterocycles. The summed E-state index contributed by atoms with van der Waals surface area (Å²) in [6.07, 6.45) is 7.20. The molecule has 0 spiro atoms. The molecule has 0 aromatic heterocycles. The van der Waals surface area contributed by atoms with Crippen LogP contribution in [0.4, 0.5) is 11.4 Å². The number of aliphatic imine (C=N–C) groups is 1. The predicted molar refractivity (Wildman–Crippen MR) is 162 cm³/mol. The number of hydrogen-bond acceptors (Lipinski definition) is 6. The fourth-order valence-electron chi connectivity index (χ4n) is 4.72. The third-order valence-electron chi connectivity index (χ3n) is 6.83. The van der Waals surface area contributed by atoms with E-state index >= 15 is 0 Å². The average molecular weight is 583 g/mol. The lowest BCUT2D eigenvalue weighted by molar-refractivity contribution is -0.114. The van der Waals surface area contributed by atoms with Crippen LogP contribution in [0.2, 0.25) is 10.0 Å². The molecule has 2 aliphatic rings. The van der Waals surface area contributed by atoms with E-state index in [4.69, 9.17) is 23.2 Å². The molecule has 10 heteroatoms. The van der Waals surface area contributed by atoms with E-state index in [0.717, 1.165) is 37.3 Å². The van der Waals surface area contributed by atoms with Crippen molar-refractivity contribution in [3.05, 3.63) is 82.0 Å². The predicted octanol–water partition coefficient (Wildman–Crippen LogP) is 4.99. The fraction of sp³-hybridized carbons (Fsp3) is 0.333. The van der Waals surface area contributed by atoms with Gasteiger partial charge < -0.3 is 20.4 Å². The Balaban J connectivity index is 1.25. The lowest BCUT2D eigenvalue weighted by atomic mass is 9.90. The number of likely N-dealkylation sites (N-methyl/N-ethyl adjacent to an activating group) is 1. The molecule has 0 unspecified atom stereocenters. The van der Waals surface area contributed by atoms with Gasteiger partial charge in [-0.3, -0.25) is 19.4 Å². The Morgan fingerprint density at radius 2 is 1.70 bits per heavy atom. The maximum Gasteiger partial charge on any atom is 0.258 e. The highest BCUT2D eigenvalue weighted by Crippen LogP contribution is 2.28. The van der Waals surface area contributed by atoms with Crippen LogP contribution in [0.5, 0.6) is 0 Å². The normalized spacial score (nSPS) is 15.8. The van der Waals surface area contributed by atoms with Crippen LogP contribution < -0.4 is 15.5 Å². The van der Waals surface area contributed by atoms with Crippen molar-refractivity contribution < 1.29 is 14.4 Å². The molecule has 40 heavy (non-hydrogen) atoms. The van der Waals surface area contributed by atoms with Crippen molar-refractivity contribution in [2.75, 3.05) is 50.5 Å². The Morgan fingerprint density at radius 3 is 2.35 bits per heavy atom. The van der Waals surface area contributed by atoms with Crippen molar-refractivity contribution >= 4 is 57.9 Å². The first-order valence-corrected chi connectivity index (χ1v) is 14.0. The molecule has 4 rings (SSSR count). The average Bonchev–Trinajstić information content (AvgIpc) is 3.37. The van der Waals surface area contributed by atoms with Gasteiger partial charge in [-0.2, -0.15) is 0 Å². The maximum absolute atomic E-state index is 13.1. The van der Waals surface area contributed by atoms with Crippen molar-refractivity contribution in [2.24, 2.45) is 10.9 Å². The van der Waals surface area contributed by atoms with Crippen LogP contribution in [-0.4, -0.2) is 68.5 Å². The summed E-state index contributed by atoms with van der Waals surface area (Å²) in [7, 11) is 3.89. The second kappa shape index (κ2) is 13.7. The second-order valence-corrected chi connectivity index (χ2v) is 10.9. The zero-order chi connectivity index (χ0) is 28.6. The third kappa shape index (κ3) is 7.81. The van der Waals surface area contributed by atoms with Gasteiger partial charge in [0.05, 0.1) is 27.9 Å². The summed E-state index contributed by atoms with van der Waals surface area (Å²) in [6.45, 7) is 2.70. The number of rotatable bonds is 10. The number of halogens is 2. The first kappa shape index (κ1) is 29.5. The van der Waals surface area contributed by atoms with E-state index in [2.05, 4.69) is 20.5 Å². The molecular weight excluding hydrogens is 549 g/mol. The van der Waals surface area contributed by atoms with Gasteiger partial charge >= 0.3 is 0 Å². The number of allylic oxidation sites excluding steroid dienone is 1. The Morgan fingerprint density at radius 1 is 1.02 bits per heavy atom. The highest BCUT2D eigenvalue weighted by molar-refractivity contribution is 6.47. The number of nitrogens with zero attached hydrogens (tertiary/aromatic N) is 3. The van der Waals surface area contributed by atoms with Gasteiger partial charge in [-0.1, -0.05) is 35.3 Å². The molecule has 1 saturated heterocycles. The van der Waals surface area contributed by atoms with E-state index in [1.807, 2.05) is 49.3 Å². The van der Waals surface area contributed by atoms with Crippen molar-refractivity contribution in [1.82, 2.24) is 10.2 Å². The van der Waals surface area contributed by atoms with E-state index in [1.165, 1.54) is 6.08 Å². The number of hydrogen-bond donors (Lipinski definition) is 2. The Bertz CT molecular complexity index is 1320. The topological polar surface area (TPSA) is 94.1 Å². The summed E-state index contributed by atoms with van der Waals surface area (Å²) >= 11 is 12.3. The van der Waals surface area contributed by atoms with Gasteiger partial charge in [-0.05, 0) is 75.3 Å². The Labute approximate surface area is 244 Å². The number of carbonyl (C=O) groups is 3. The van der Waals surface area contributed by atoms with E-state index < -0.39 is 5.91 Å². The van der Waals surface area contributed by atoms with E-state index in [-0.39, 0.29) is 33.2 Å². The maximum atomic E-state index is 13.1. The molecule has 1 fully saturated rings. The first-order chi connectivity index (χ1) is 19.2. The second-order valence-electron chi connectivity index (χ2n) is 10.1. The quantitative estimate of drug-likeness (QED) is 0.385. The highest BCUT2D eigenvalue weighted by Gasteiger charge is 2.28. The number of ketones is 1. The van der Waals surface area contributed by atoms with Gasteiger partial charge in [-0.25, -0.2) is 0 Å². The van der Waals surface area contributed by atoms with Crippen molar-refractivity contribution in [3.63, 3.8) is 0 Å². The van der Waals surface area contributed by atoms with Gasteiger partial charge in [0.1, 0.15) is 5.71 Å². The van der Waals surface area contributed by atoms with Gasteiger partial charge in [0.25, 0.3) is 5.91 Å². The number of amides is 2. The monoisotopic (exact) mass is 581 g/mol. The summed E-state index contributed by atoms with van der Waals surface area (Å²) in [6, 6.07) is 12.7. The van der Waals surface area contributed by atoms with Crippen LogP contribution in [0.3, 0.4) is 0 Å². The highest BCUT2D eigenvalue weighted by atomic mass is 35.5. The van der Waals surface area contributed by atoms with Crippen molar-refractivity contribution in [1.29, 1.82) is 0 Å². The Hall–Kier alpha value is -3.46. The molecule has 2 N–H and O–H groups in total. The summed E-state index contributed by atoms with van der Waals surface area (Å²) in [5.74, 6) is -0.469. The molecule has 0 bridgehead atoms. The molecule has 0 radical (unpaired) electrons. The minimum atomic E-state index is -0.469. The SMILES string of the molecule is CN(C)C/C=C/C(=O)Nc1ccc(N2CCC(CC(=O)C3=NCC=C3NC(=O)c3c(Cl)cccc3Cl)CC2)cc1. The van der Waals surface area contributed by atoms with Gasteiger partial charge in [0.2, 0.25) is 5.91 Å². The number of nitrogens with one attached hydrogen (secondary N) is 2. The van der Waals surface area contributed by atoms with Crippen LogP contribution in [-0.2, 0) is 9.59 Å². The van der Waals surface area contributed by atoms with Crippen LogP contribution in [0.15, 0.2) is 71.4 Å². The standard InChI is InChI=1S/C30H33Cl2N5O3/c1-36(2)16-4-7-27(39)34-21-8-10-22(11-9-21)37-17-13-20(14-18-37)19-26(38)29-25(12-15-33-29)35-30(40)28-23(31)5-3-6-24(28)32/h3-12,20H,13-19H2,1-2H3,(H,34,39)(H,35,40)/b7-4+. The zero-order valence-corrected chi connectivity index (χ0v) is 24.1. The Kier molecular flexibility index (Phi) is 10.1. The van der Waals surface area contributed by atoms with Gasteiger partial charge in [0, 0.05) is 43.5 Å². The molecule has 0 atom stereocenters. The number of benzene rings is 2. The molecule has 2 aromatic rings. The number of anilines is 2. The fourth-order valence-corrected chi connectivity index (χ4v) is 5.29. The van der Waals surface area contributed by atoms with Crippen LogP contribution in [0.25, 0.3) is 0 Å². The smallest absolute Gasteiger partial charge is 0.258 e. The van der Waals surface area contributed by atoms with Crippen LogP contribution in [0.1, 0.15) is 29.6 Å². The molecular formula is C30H33Cl2N5O3. The summed E-state index contributed by atoms with van der Waals surface area (Å²) < 4.78 is 0. The largest absolute Gasteiger partial charge is 0.372 e. The van der Waals surface area contributed by atoms with Crippen molar-refractivity contribution in [3.8, 4) is 0 Å².